The molecular formula is C17H25N7O. The van der Waals surface area contributed by atoms with Gasteiger partial charge in [-0.3, -0.25) is 9.78 Å². The van der Waals surface area contributed by atoms with Crippen LogP contribution in [0.3, 0.4) is 0 Å². The van der Waals surface area contributed by atoms with Crippen molar-refractivity contribution in [1.82, 2.24) is 29.6 Å². The average molecular weight is 343 g/mol. The maximum absolute atomic E-state index is 13.0. The van der Waals surface area contributed by atoms with Gasteiger partial charge in [0, 0.05) is 32.5 Å². The molecule has 25 heavy (non-hydrogen) atoms. The van der Waals surface area contributed by atoms with Gasteiger partial charge >= 0.3 is 0 Å². The summed E-state index contributed by atoms with van der Waals surface area (Å²) in [6.07, 6.45) is 9.37. The number of rotatable bonds is 5. The normalized spacial score (nSPS) is 18.2. The Morgan fingerprint density at radius 1 is 1.36 bits per heavy atom. The van der Waals surface area contributed by atoms with Crippen LogP contribution in [0.15, 0.2) is 25.0 Å². The fraction of sp³-hybridized carbons (Fsp3) is 0.588. The number of piperidine rings is 1. The number of amides is 1. The van der Waals surface area contributed by atoms with Crippen LogP contribution in [0.25, 0.3) is 0 Å². The molecule has 1 amide bonds. The van der Waals surface area contributed by atoms with E-state index in [2.05, 4.69) is 25.4 Å². The third kappa shape index (κ3) is 3.62. The highest BCUT2D eigenvalue weighted by Gasteiger charge is 2.36. The summed E-state index contributed by atoms with van der Waals surface area (Å²) in [7, 11) is 1.85. The molecule has 3 rings (SSSR count). The number of nitrogens with zero attached hydrogens (tertiary/aromatic N) is 6. The molecule has 0 aromatic carbocycles. The third-order valence-corrected chi connectivity index (χ3v) is 4.81. The Morgan fingerprint density at radius 2 is 2.16 bits per heavy atom. The van der Waals surface area contributed by atoms with E-state index in [1.165, 1.54) is 6.33 Å². The number of anilines is 1. The second kappa shape index (κ2) is 7.16. The standard InChI is InChI=1S/C17H25N7O/c1-17(2,24-12-19-11-22-24)16(25)23-8-4-5-13(10-23)9-14-15(18-3)21-7-6-20-14/h6-7,11-13H,4-5,8-10H2,1-3H3,(H,18,21)/t13-/m0/s1. The second-order valence-electron chi connectivity index (χ2n) is 6.96. The number of carbonyl (C=O) groups excluding carboxylic acids is 1. The summed E-state index contributed by atoms with van der Waals surface area (Å²) in [6, 6.07) is 0. The first-order valence-electron chi connectivity index (χ1n) is 8.64. The molecule has 1 fully saturated rings. The zero-order chi connectivity index (χ0) is 17.9. The van der Waals surface area contributed by atoms with E-state index in [1.807, 2.05) is 25.8 Å². The smallest absolute Gasteiger partial charge is 0.250 e. The first-order valence-corrected chi connectivity index (χ1v) is 8.64. The zero-order valence-corrected chi connectivity index (χ0v) is 15.0. The maximum Gasteiger partial charge on any atom is 0.250 e. The summed E-state index contributed by atoms with van der Waals surface area (Å²) in [4.78, 5) is 27.7. The largest absolute Gasteiger partial charge is 0.372 e. The van der Waals surface area contributed by atoms with Crippen LogP contribution in [0.1, 0.15) is 32.4 Å². The van der Waals surface area contributed by atoms with E-state index in [0.29, 0.717) is 5.92 Å². The van der Waals surface area contributed by atoms with Gasteiger partial charge in [-0.05, 0) is 39.0 Å². The van der Waals surface area contributed by atoms with E-state index < -0.39 is 5.54 Å². The van der Waals surface area contributed by atoms with Crippen molar-refractivity contribution in [3.63, 3.8) is 0 Å². The van der Waals surface area contributed by atoms with Crippen LogP contribution < -0.4 is 5.32 Å². The lowest BCUT2D eigenvalue weighted by Gasteiger charge is -2.37. The number of nitrogens with one attached hydrogen (secondary N) is 1. The molecule has 1 atom stereocenters. The van der Waals surface area contributed by atoms with Crippen molar-refractivity contribution in [1.29, 1.82) is 0 Å². The fourth-order valence-electron chi connectivity index (χ4n) is 3.40. The first kappa shape index (κ1) is 17.3. The lowest BCUT2D eigenvalue weighted by Crippen LogP contribution is -2.50. The van der Waals surface area contributed by atoms with Crippen LogP contribution in [0.2, 0.25) is 0 Å². The lowest BCUT2D eigenvalue weighted by atomic mass is 9.91. The van der Waals surface area contributed by atoms with Crippen molar-refractivity contribution in [2.45, 2.75) is 38.6 Å². The highest BCUT2D eigenvalue weighted by molar-refractivity contribution is 5.83. The summed E-state index contributed by atoms with van der Waals surface area (Å²) in [5, 5.41) is 7.23. The summed E-state index contributed by atoms with van der Waals surface area (Å²) < 4.78 is 1.63. The molecule has 8 heteroatoms. The quantitative estimate of drug-likeness (QED) is 0.881. The molecule has 2 aromatic rings. The van der Waals surface area contributed by atoms with E-state index in [9.17, 15) is 4.79 Å². The lowest BCUT2D eigenvalue weighted by molar-refractivity contribution is -0.141. The molecule has 3 heterocycles. The van der Waals surface area contributed by atoms with Crippen molar-refractivity contribution >= 4 is 11.7 Å². The van der Waals surface area contributed by atoms with Gasteiger partial charge in [-0.2, -0.15) is 5.10 Å². The van der Waals surface area contributed by atoms with Gasteiger partial charge < -0.3 is 10.2 Å². The molecule has 0 unspecified atom stereocenters. The number of hydrogen-bond acceptors (Lipinski definition) is 6. The molecule has 8 nitrogen and oxygen atoms in total. The summed E-state index contributed by atoms with van der Waals surface area (Å²) in [6.45, 7) is 5.29. The van der Waals surface area contributed by atoms with E-state index >= 15 is 0 Å². The molecule has 0 aliphatic carbocycles. The van der Waals surface area contributed by atoms with Crippen molar-refractivity contribution in [2.24, 2.45) is 5.92 Å². The number of hydrogen-bond donors (Lipinski definition) is 1. The van der Waals surface area contributed by atoms with Crippen LogP contribution in [0, 0.1) is 5.92 Å². The van der Waals surface area contributed by atoms with E-state index in [-0.39, 0.29) is 5.91 Å². The predicted molar refractivity (Wildman–Crippen MR) is 93.9 cm³/mol. The van der Waals surface area contributed by atoms with Crippen LogP contribution in [-0.4, -0.2) is 55.7 Å². The predicted octanol–water partition coefficient (Wildman–Crippen LogP) is 1.33. The molecule has 0 saturated carbocycles. The molecule has 1 aliphatic heterocycles. The number of likely N-dealkylation sites (tertiary alicyclic amines) is 1. The minimum atomic E-state index is -0.735. The minimum absolute atomic E-state index is 0.0793. The number of aromatic nitrogens is 5. The molecule has 1 N–H and O–H groups in total. The second-order valence-corrected chi connectivity index (χ2v) is 6.96. The molecule has 134 valence electrons. The maximum atomic E-state index is 13.0. The minimum Gasteiger partial charge on any atom is -0.372 e. The van der Waals surface area contributed by atoms with E-state index in [4.69, 9.17) is 0 Å². The van der Waals surface area contributed by atoms with E-state index in [1.54, 1.807) is 23.4 Å². The molecule has 1 aliphatic rings. The van der Waals surface area contributed by atoms with Gasteiger partial charge in [-0.1, -0.05) is 0 Å². The Morgan fingerprint density at radius 3 is 2.88 bits per heavy atom. The number of carbonyl (C=O) groups is 1. The van der Waals surface area contributed by atoms with Gasteiger partial charge in [0.05, 0.1) is 5.69 Å². The summed E-state index contributed by atoms with van der Waals surface area (Å²) >= 11 is 0. The molecule has 0 bridgehead atoms. The SMILES string of the molecule is CNc1nccnc1C[C@@H]1CCCN(C(=O)C(C)(C)n2cncn2)C1. The monoisotopic (exact) mass is 343 g/mol. The van der Waals surface area contributed by atoms with Crippen molar-refractivity contribution in [3.05, 3.63) is 30.7 Å². The highest BCUT2D eigenvalue weighted by atomic mass is 16.2. The Kier molecular flexibility index (Phi) is 4.96. The van der Waals surface area contributed by atoms with Gasteiger partial charge in [0.2, 0.25) is 5.91 Å². The van der Waals surface area contributed by atoms with Crippen LogP contribution in [0.5, 0.6) is 0 Å². The zero-order valence-electron chi connectivity index (χ0n) is 15.0. The van der Waals surface area contributed by atoms with Gasteiger partial charge in [-0.25, -0.2) is 14.6 Å². The van der Waals surface area contributed by atoms with E-state index in [0.717, 1.165) is 43.9 Å². The van der Waals surface area contributed by atoms with Gasteiger partial charge in [-0.15, -0.1) is 0 Å². The van der Waals surface area contributed by atoms with Crippen LogP contribution in [-0.2, 0) is 16.8 Å². The van der Waals surface area contributed by atoms with Gasteiger partial charge in [0.25, 0.3) is 0 Å². The Labute approximate surface area is 147 Å². The van der Waals surface area contributed by atoms with Gasteiger partial charge in [0.1, 0.15) is 24.0 Å². The van der Waals surface area contributed by atoms with Crippen molar-refractivity contribution in [3.8, 4) is 0 Å². The topological polar surface area (TPSA) is 88.8 Å². The fourth-order valence-corrected chi connectivity index (χ4v) is 3.40. The highest BCUT2D eigenvalue weighted by Crippen LogP contribution is 2.26. The first-order chi connectivity index (χ1) is 12.0. The summed E-state index contributed by atoms with van der Waals surface area (Å²) in [5.74, 6) is 1.28. The third-order valence-electron chi connectivity index (χ3n) is 4.81. The molecule has 2 aromatic heterocycles. The molecule has 0 radical (unpaired) electrons. The Bertz CT molecular complexity index is 714. The van der Waals surface area contributed by atoms with Crippen LogP contribution >= 0.6 is 0 Å². The average Bonchev–Trinajstić information content (AvgIpc) is 3.17. The molecule has 1 saturated heterocycles. The van der Waals surface area contributed by atoms with Crippen LogP contribution in [0.4, 0.5) is 5.82 Å². The Balaban J connectivity index is 1.70. The van der Waals surface area contributed by atoms with Crippen molar-refractivity contribution in [2.75, 3.05) is 25.5 Å². The summed E-state index contributed by atoms with van der Waals surface area (Å²) in [5.41, 5.74) is 0.223. The van der Waals surface area contributed by atoms with Crippen molar-refractivity contribution < 1.29 is 4.79 Å². The molecular weight excluding hydrogens is 318 g/mol. The molecule has 0 spiro atoms. The Hall–Kier alpha value is -2.51. The van der Waals surface area contributed by atoms with Gasteiger partial charge in [0.15, 0.2) is 0 Å².